The van der Waals surface area contributed by atoms with Gasteiger partial charge in [0.2, 0.25) is 0 Å². The van der Waals surface area contributed by atoms with Gasteiger partial charge in [-0.2, -0.15) is 0 Å². The standard InChI is InChI=1S/C13H9Si.Sc.3H/c14-13-7-3-6-11-10-5-2-1-4-9(10)8-12(11)13;;;;/h1-7H,8H2;;;;/q;+3;3*-1. The summed E-state index contributed by atoms with van der Waals surface area (Å²) in [7, 11) is 3.66. The Balaban J connectivity index is 0. The van der Waals surface area contributed by atoms with E-state index in [1.807, 2.05) is 0 Å². The molecule has 0 atom stereocenters. The summed E-state index contributed by atoms with van der Waals surface area (Å²) in [4.78, 5) is 0. The third-order valence-electron chi connectivity index (χ3n) is 2.85. The van der Waals surface area contributed by atoms with Crippen LogP contribution in [0.1, 0.15) is 15.4 Å². The summed E-state index contributed by atoms with van der Waals surface area (Å²) in [6.45, 7) is 0. The molecule has 15 heavy (non-hydrogen) atoms. The van der Waals surface area contributed by atoms with E-state index in [9.17, 15) is 0 Å². The molecule has 0 fully saturated rings. The average molecular weight is 241 g/mol. The molecule has 0 aliphatic heterocycles. The van der Waals surface area contributed by atoms with Gasteiger partial charge >= 0.3 is 25.8 Å². The maximum absolute atomic E-state index is 3.66. The second-order valence-corrected chi connectivity index (χ2v) is 4.20. The number of benzene rings is 2. The van der Waals surface area contributed by atoms with Gasteiger partial charge in [0.05, 0.1) is 10.2 Å². The summed E-state index contributed by atoms with van der Waals surface area (Å²) in [6.07, 6.45) is 1.06. The fraction of sp³-hybridized carbons (Fsp3) is 0.0769. The molecule has 2 aromatic carbocycles. The Hall–Kier alpha value is -0.473. The molecule has 0 saturated carbocycles. The number of rotatable bonds is 0. The van der Waals surface area contributed by atoms with Crippen molar-refractivity contribution < 1.29 is 30.1 Å². The van der Waals surface area contributed by atoms with Crippen molar-refractivity contribution in [2.24, 2.45) is 0 Å². The van der Waals surface area contributed by atoms with Crippen LogP contribution in [0, 0.1) is 0 Å². The Morgan fingerprint density at radius 1 is 0.933 bits per heavy atom. The van der Waals surface area contributed by atoms with Crippen LogP contribution in [0.3, 0.4) is 0 Å². The van der Waals surface area contributed by atoms with Gasteiger partial charge in [0.1, 0.15) is 0 Å². The van der Waals surface area contributed by atoms with Crippen molar-refractivity contribution in [3.63, 3.8) is 0 Å². The maximum Gasteiger partial charge on any atom is 3.00 e. The van der Waals surface area contributed by atoms with Gasteiger partial charge in [0.15, 0.2) is 0 Å². The first kappa shape index (κ1) is 11.0. The SMILES string of the molecule is [H-].[H-].[H-].[Sc+3].[Si]c1cccc2c1Cc1ccccc1-2. The summed E-state index contributed by atoms with van der Waals surface area (Å²) in [5.41, 5.74) is 5.63. The van der Waals surface area contributed by atoms with Crippen molar-refractivity contribution in [2.75, 3.05) is 0 Å². The predicted molar refractivity (Wildman–Crippen MR) is 63.4 cm³/mol. The first-order valence-electron chi connectivity index (χ1n) is 4.78. The van der Waals surface area contributed by atoms with Crippen molar-refractivity contribution >= 4 is 15.4 Å². The van der Waals surface area contributed by atoms with Gasteiger partial charge in [-0.25, -0.2) is 0 Å². The molecular formula is C13H12ScSi. The van der Waals surface area contributed by atoms with E-state index in [0.717, 1.165) is 6.42 Å². The van der Waals surface area contributed by atoms with E-state index in [0.29, 0.717) is 0 Å². The Bertz CT molecular complexity index is 517. The summed E-state index contributed by atoms with van der Waals surface area (Å²) in [5.74, 6) is 0. The second kappa shape index (κ2) is 4.18. The van der Waals surface area contributed by atoms with Gasteiger partial charge in [-0.05, 0) is 28.7 Å². The van der Waals surface area contributed by atoms with Gasteiger partial charge in [-0.3, -0.25) is 0 Å². The van der Waals surface area contributed by atoms with E-state index in [4.69, 9.17) is 0 Å². The van der Waals surface area contributed by atoms with Crippen molar-refractivity contribution in [3.8, 4) is 11.1 Å². The van der Waals surface area contributed by atoms with Crippen molar-refractivity contribution in [2.45, 2.75) is 6.42 Å². The minimum absolute atomic E-state index is 0. The third kappa shape index (κ3) is 1.70. The molecule has 0 N–H and O–H groups in total. The molecule has 2 aromatic rings. The summed E-state index contributed by atoms with van der Waals surface area (Å²) < 4.78 is 0. The fourth-order valence-electron chi connectivity index (χ4n) is 2.16. The summed E-state index contributed by atoms with van der Waals surface area (Å²) in [6, 6.07) is 15.0. The van der Waals surface area contributed by atoms with Crippen molar-refractivity contribution in [1.82, 2.24) is 0 Å². The largest absolute Gasteiger partial charge is 3.00 e. The minimum Gasteiger partial charge on any atom is -1.00 e. The van der Waals surface area contributed by atoms with Crippen LogP contribution in [0.4, 0.5) is 0 Å². The molecule has 3 radical (unpaired) electrons. The normalized spacial score (nSPS) is 11.5. The third-order valence-corrected chi connectivity index (χ3v) is 3.32. The van der Waals surface area contributed by atoms with Crippen LogP contribution in [0.15, 0.2) is 42.5 Å². The maximum atomic E-state index is 3.66. The van der Waals surface area contributed by atoms with Crippen LogP contribution in [-0.2, 0) is 32.3 Å². The van der Waals surface area contributed by atoms with Gasteiger partial charge in [-0.1, -0.05) is 47.7 Å². The molecule has 1 aliphatic carbocycles. The molecule has 0 spiro atoms. The molecule has 0 amide bonds. The van der Waals surface area contributed by atoms with Crippen LogP contribution in [0.2, 0.25) is 0 Å². The zero-order valence-corrected chi connectivity index (χ0v) is 11.1. The number of hydrogen-bond donors (Lipinski definition) is 0. The number of fused-ring (bicyclic) bond motifs is 3. The monoisotopic (exact) mass is 241 g/mol. The fourth-order valence-corrected chi connectivity index (χ4v) is 2.48. The first-order valence-corrected chi connectivity index (χ1v) is 5.28. The molecule has 3 rings (SSSR count). The van der Waals surface area contributed by atoms with Crippen LogP contribution < -0.4 is 5.19 Å². The Kier molecular flexibility index (Phi) is 3.07. The average Bonchev–Trinajstić information content (AvgIpc) is 2.59. The van der Waals surface area contributed by atoms with Crippen molar-refractivity contribution in [3.05, 3.63) is 53.6 Å². The Labute approximate surface area is 116 Å². The first-order chi connectivity index (χ1) is 6.86. The topological polar surface area (TPSA) is 0 Å². The van der Waals surface area contributed by atoms with Crippen LogP contribution >= 0.6 is 0 Å². The van der Waals surface area contributed by atoms with Crippen LogP contribution in [0.25, 0.3) is 11.1 Å². The van der Waals surface area contributed by atoms with E-state index in [1.54, 1.807) is 0 Å². The van der Waals surface area contributed by atoms with Gasteiger partial charge < -0.3 is 4.28 Å². The molecular weight excluding hydrogens is 229 g/mol. The van der Waals surface area contributed by atoms with E-state index in [1.165, 1.54) is 27.4 Å². The van der Waals surface area contributed by atoms with E-state index < -0.39 is 0 Å². The van der Waals surface area contributed by atoms with E-state index in [-0.39, 0.29) is 30.1 Å². The van der Waals surface area contributed by atoms with Gasteiger partial charge in [-0.15, -0.1) is 0 Å². The molecule has 0 nitrogen and oxygen atoms in total. The van der Waals surface area contributed by atoms with E-state index >= 15 is 0 Å². The van der Waals surface area contributed by atoms with Crippen LogP contribution in [0.5, 0.6) is 0 Å². The second-order valence-electron chi connectivity index (χ2n) is 3.67. The predicted octanol–water partition coefficient (Wildman–Crippen LogP) is 2.39. The molecule has 0 unspecified atom stereocenters. The quantitative estimate of drug-likeness (QED) is 0.530. The summed E-state index contributed by atoms with van der Waals surface area (Å²) in [5, 5.41) is 1.22. The molecule has 0 bridgehead atoms. The van der Waals surface area contributed by atoms with E-state index in [2.05, 4.69) is 52.7 Å². The minimum atomic E-state index is 0. The van der Waals surface area contributed by atoms with Crippen molar-refractivity contribution in [1.29, 1.82) is 0 Å². The molecule has 1 aliphatic rings. The summed E-state index contributed by atoms with van der Waals surface area (Å²) >= 11 is 0. The zero-order valence-electron chi connectivity index (χ0n) is 11.3. The Morgan fingerprint density at radius 2 is 1.67 bits per heavy atom. The van der Waals surface area contributed by atoms with Gasteiger partial charge in [0, 0.05) is 0 Å². The zero-order chi connectivity index (χ0) is 9.54. The molecule has 0 heterocycles. The number of hydrogen-bond acceptors (Lipinski definition) is 0. The smallest absolute Gasteiger partial charge is 1.00 e. The Morgan fingerprint density at radius 3 is 2.53 bits per heavy atom. The molecule has 2 heteroatoms. The van der Waals surface area contributed by atoms with Gasteiger partial charge in [0.25, 0.3) is 0 Å². The molecule has 0 saturated heterocycles. The molecule has 71 valence electrons. The molecule has 0 aromatic heterocycles. The van der Waals surface area contributed by atoms with Crippen LogP contribution in [-0.4, -0.2) is 10.2 Å².